The van der Waals surface area contributed by atoms with Crippen LogP contribution in [0.4, 0.5) is 0 Å². The van der Waals surface area contributed by atoms with Gasteiger partial charge in [-0.25, -0.2) is 19.4 Å². The highest BCUT2D eigenvalue weighted by atomic mass is 35.5. The van der Waals surface area contributed by atoms with Crippen LogP contribution in [0.1, 0.15) is 17.0 Å². The van der Waals surface area contributed by atoms with Crippen molar-refractivity contribution in [3.63, 3.8) is 0 Å². The summed E-state index contributed by atoms with van der Waals surface area (Å²) in [6.45, 7) is 3.62. The van der Waals surface area contributed by atoms with Crippen LogP contribution in [0.25, 0.3) is 12.0 Å². The average molecular weight is 279 g/mol. The molecule has 98 valence electrons. The summed E-state index contributed by atoms with van der Waals surface area (Å²) >= 11 is 6.05. The van der Waals surface area contributed by atoms with Gasteiger partial charge in [-0.1, -0.05) is 11.6 Å². The van der Waals surface area contributed by atoms with E-state index in [2.05, 4.69) is 15.1 Å². The molecule has 1 N–H and O–H groups in total. The lowest BCUT2D eigenvalue weighted by Crippen LogP contribution is -2.04. The molecule has 2 heterocycles. The van der Waals surface area contributed by atoms with Gasteiger partial charge < -0.3 is 5.11 Å². The minimum absolute atomic E-state index is 0.389. The molecule has 0 aliphatic carbocycles. The fourth-order valence-electron chi connectivity index (χ4n) is 1.51. The highest BCUT2D eigenvalue weighted by molar-refractivity contribution is 6.31. The van der Waals surface area contributed by atoms with E-state index in [9.17, 15) is 4.79 Å². The summed E-state index contributed by atoms with van der Waals surface area (Å²) < 4.78 is 1.54. The molecule has 0 aromatic carbocycles. The van der Waals surface area contributed by atoms with Crippen molar-refractivity contribution in [2.75, 3.05) is 0 Å². The van der Waals surface area contributed by atoms with Crippen LogP contribution in [0.15, 0.2) is 18.5 Å². The Balaban J connectivity index is 2.32. The Morgan fingerprint density at radius 1 is 1.37 bits per heavy atom. The molecule has 2 rings (SSSR count). The lowest BCUT2D eigenvalue weighted by Gasteiger charge is -2.01. The second kappa shape index (κ2) is 5.19. The van der Waals surface area contributed by atoms with Crippen LogP contribution in [-0.2, 0) is 4.79 Å². The molecule has 0 radical (unpaired) electrons. The van der Waals surface area contributed by atoms with Crippen LogP contribution in [0, 0.1) is 13.8 Å². The zero-order valence-corrected chi connectivity index (χ0v) is 11.1. The lowest BCUT2D eigenvalue weighted by atomic mass is 10.3. The molecule has 19 heavy (non-hydrogen) atoms. The molecule has 0 amide bonds. The maximum Gasteiger partial charge on any atom is 0.328 e. The monoisotopic (exact) mass is 278 g/mol. The molecule has 2 aromatic rings. The van der Waals surface area contributed by atoms with Crippen LogP contribution in [0.5, 0.6) is 0 Å². The van der Waals surface area contributed by atoms with Crippen LogP contribution in [0.2, 0.25) is 5.02 Å². The highest BCUT2D eigenvalue weighted by Gasteiger charge is 2.12. The van der Waals surface area contributed by atoms with Crippen molar-refractivity contribution in [3.05, 3.63) is 40.4 Å². The largest absolute Gasteiger partial charge is 0.478 e. The van der Waals surface area contributed by atoms with Crippen molar-refractivity contribution >= 4 is 23.6 Å². The number of carbonyl (C=O) groups is 1. The number of carboxylic acid groups (broad SMARTS) is 1. The smallest absolute Gasteiger partial charge is 0.328 e. The standard InChI is InChI=1S/C12H11ClN4O2/c1-7-11(13)8(2)17(16-7)12-14-5-9(6-15-12)3-4-10(18)19/h3-6H,1-2H3,(H,18,19)/b4-3+. The van der Waals surface area contributed by atoms with E-state index in [0.29, 0.717) is 22.2 Å². The van der Waals surface area contributed by atoms with Gasteiger partial charge in [-0.05, 0) is 19.9 Å². The topological polar surface area (TPSA) is 80.9 Å². The SMILES string of the molecule is Cc1nn(-c2ncc(/C=C/C(=O)O)cn2)c(C)c1Cl. The Morgan fingerprint density at radius 2 is 2.00 bits per heavy atom. The number of aromatic nitrogens is 4. The number of hydrogen-bond acceptors (Lipinski definition) is 4. The molecular formula is C12H11ClN4O2. The second-order valence-corrected chi connectivity index (χ2v) is 4.26. The van der Waals surface area contributed by atoms with Crippen LogP contribution in [0.3, 0.4) is 0 Å². The van der Waals surface area contributed by atoms with Crippen molar-refractivity contribution in [1.29, 1.82) is 0 Å². The van der Waals surface area contributed by atoms with Crippen molar-refractivity contribution in [1.82, 2.24) is 19.7 Å². The molecule has 0 unspecified atom stereocenters. The summed E-state index contributed by atoms with van der Waals surface area (Å²) in [5.41, 5.74) is 2.06. The molecule has 0 fully saturated rings. The van der Waals surface area contributed by atoms with E-state index in [0.717, 1.165) is 11.8 Å². The first-order valence-electron chi connectivity index (χ1n) is 5.44. The van der Waals surface area contributed by atoms with E-state index >= 15 is 0 Å². The average Bonchev–Trinajstić information content (AvgIpc) is 2.65. The van der Waals surface area contributed by atoms with Gasteiger partial charge in [-0.15, -0.1) is 0 Å². The second-order valence-electron chi connectivity index (χ2n) is 3.88. The van der Waals surface area contributed by atoms with E-state index in [4.69, 9.17) is 16.7 Å². The summed E-state index contributed by atoms with van der Waals surface area (Å²) in [7, 11) is 0. The number of aryl methyl sites for hydroxylation is 1. The van der Waals surface area contributed by atoms with Crippen LogP contribution >= 0.6 is 11.6 Å². The summed E-state index contributed by atoms with van der Waals surface area (Å²) in [6, 6.07) is 0. The van der Waals surface area contributed by atoms with Crippen molar-refractivity contribution < 1.29 is 9.90 Å². The Bertz CT molecular complexity index is 646. The summed E-state index contributed by atoms with van der Waals surface area (Å²) in [6.07, 6.45) is 5.48. The minimum Gasteiger partial charge on any atom is -0.478 e. The summed E-state index contributed by atoms with van der Waals surface area (Å²) in [5.74, 6) is -0.630. The fourth-order valence-corrected chi connectivity index (χ4v) is 1.63. The van der Waals surface area contributed by atoms with E-state index < -0.39 is 5.97 Å². The number of hydrogen-bond donors (Lipinski definition) is 1. The first kappa shape index (κ1) is 13.2. The van der Waals surface area contributed by atoms with E-state index in [1.807, 2.05) is 6.92 Å². The third-order valence-corrected chi connectivity index (χ3v) is 3.02. The van der Waals surface area contributed by atoms with Gasteiger partial charge in [0.05, 0.1) is 16.4 Å². The number of aliphatic carboxylic acids is 1. The Labute approximate surface area is 114 Å². The molecule has 0 bridgehead atoms. The van der Waals surface area contributed by atoms with Gasteiger partial charge in [-0.2, -0.15) is 5.10 Å². The van der Waals surface area contributed by atoms with Crippen LogP contribution in [-0.4, -0.2) is 30.8 Å². The first-order valence-corrected chi connectivity index (χ1v) is 5.82. The van der Waals surface area contributed by atoms with E-state index in [1.165, 1.54) is 18.5 Å². The molecular weight excluding hydrogens is 268 g/mol. The van der Waals surface area contributed by atoms with Gasteiger partial charge in [-0.3, -0.25) is 0 Å². The molecule has 0 aliphatic heterocycles. The highest BCUT2D eigenvalue weighted by Crippen LogP contribution is 2.20. The molecule has 0 saturated carbocycles. The maximum atomic E-state index is 10.4. The van der Waals surface area contributed by atoms with Crippen LogP contribution < -0.4 is 0 Å². The Kier molecular flexibility index (Phi) is 3.62. The van der Waals surface area contributed by atoms with Gasteiger partial charge in [0.15, 0.2) is 0 Å². The van der Waals surface area contributed by atoms with Gasteiger partial charge in [0.2, 0.25) is 0 Å². The number of nitrogens with zero attached hydrogens (tertiary/aromatic N) is 4. The quantitative estimate of drug-likeness (QED) is 0.869. The van der Waals surface area contributed by atoms with Gasteiger partial charge in [0.25, 0.3) is 5.95 Å². The van der Waals surface area contributed by atoms with E-state index in [1.54, 1.807) is 11.6 Å². The molecule has 0 spiro atoms. The third-order valence-electron chi connectivity index (χ3n) is 2.47. The maximum absolute atomic E-state index is 10.4. The van der Waals surface area contributed by atoms with Crippen molar-refractivity contribution in [2.24, 2.45) is 0 Å². The predicted molar refractivity (Wildman–Crippen MR) is 70.3 cm³/mol. The lowest BCUT2D eigenvalue weighted by molar-refractivity contribution is -0.131. The molecule has 0 aliphatic rings. The van der Waals surface area contributed by atoms with Gasteiger partial charge >= 0.3 is 5.97 Å². The number of halogens is 1. The molecule has 0 saturated heterocycles. The minimum atomic E-state index is -1.02. The molecule has 2 aromatic heterocycles. The predicted octanol–water partition coefficient (Wildman–Crippen LogP) is 2.03. The van der Waals surface area contributed by atoms with Crippen molar-refractivity contribution in [3.8, 4) is 5.95 Å². The summed E-state index contributed by atoms with van der Waals surface area (Å²) in [4.78, 5) is 18.6. The zero-order chi connectivity index (χ0) is 14.0. The number of rotatable bonds is 3. The fraction of sp³-hybridized carbons (Fsp3) is 0.167. The molecule has 6 nitrogen and oxygen atoms in total. The third kappa shape index (κ3) is 2.79. The molecule has 7 heteroatoms. The van der Waals surface area contributed by atoms with Crippen molar-refractivity contribution in [2.45, 2.75) is 13.8 Å². The molecule has 0 atom stereocenters. The zero-order valence-electron chi connectivity index (χ0n) is 10.3. The number of carboxylic acids is 1. The Morgan fingerprint density at radius 3 is 2.47 bits per heavy atom. The normalized spacial score (nSPS) is 11.1. The first-order chi connectivity index (χ1) is 8.99. The summed E-state index contributed by atoms with van der Waals surface area (Å²) in [5, 5.41) is 13.3. The Hall–Kier alpha value is -2.21. The van der Waals surface area contributed by atoms with Gasteiger partial charge in [0, 0.05) is 24.0 Å². The van der Waals surface area contributed by atoms with E-state index in [-0.39, 0.29) is 0 Å². The van der Waals surface area contributed by atoms with Gasteiger partial charge in [0.1, 0.15) is 0 Å².